The molecule has 0 bridgehead atoms. The number of nitrogens with zero attached hydrogens (tertiary/aromatic N) is 3. The molecule has 5 nitrogen and oxygen atoms in total. The minimum Gasteiger partial charge on any atom is -0.340 e. The Labute approximate surface area is 178 Å². The number of benzene rings is 1. The summed E-state index contributed by atoms with van der Waals surface area (Å²) in [6.45, 7) is 5.36. The molecular weight excluding hydrogens is 406 g/mol. The molecule has 1 aliphatic rings. The van der Waals surface area contributed by atoms with Gasteiger partial charge in [-0.25, -0.2) is 4.98 Å². The summed E-state index contributed by atoms with van der Waals surface area (Å²) in [7, 11) is 0. The highest BCUT2D eigenvalue weighted by Crippen LogP contribution is 2.28. The summed E-state index contributed by atoms with van der Waals surface area (Å²) >= 11 is 7.79. The summed E-state index contributed by atoms with van der Waals surface area (Å²) in [5.41, 5.74) is 1.95. The number of hydrogen-bond donors (Lipinski definition) is 0. The van der Waals surface area contributed by atoms with Crippen molar-refractivity contribution in [1.29, 1.82) is 0 Å². The van der Waals surface area contributed by atoms with Crippen LogP contribution in [-0.4, -0.2) is 33.4 Å². The second kappa shape index (κ2) is 8.28. The van der Waals surface area contributed by atoms with E-state index < -0.39 is 0 Å². The van der Waals surface area contributed by atoms with Crippen molar-refractivity contribution in [2.45, 2.75) is 45.6 Å². The Hall–Kier alpha value is -2.18. The summed E-state index contributed by atoms with van der Waals surface area (Å²) in [4.78, 5) is 34.5. The fourth-order valence-electron chi connectivity index (χ4n) is 4.18. The number of thiophene rings is 1. The van der Waals surface area contributed by atoms with Crippen LogP contribution < -0.4 is 5.56 Å². The summed E-state index contributed by atoms with van der Waals surface area (Å²) in [5, 5.41) is 1.36. The van der Waals surface area contributed by atoms with Gasteiger partial charge in [-0.1, -0.05) is 36.7 Å². The van der Waals surface area contributed by atoms with Gasteiger partial charge in [0, 0.05) is 23.0 Å². The maximum Gasteiger partial charge on any atom is 0.262 e. The van der Waals surface area contributed by atoms with Crippen LogP contribution in [0.5, 0.6) is 0 Å². The molecule has 152 valence electrons. The molecule has 1 saturated heterocycles. The average Bonchev–Trinajstić information content (AvgIpc) is 3.06. The second-order valence-corrected chi connectivity index (χ2v) is 9.14. The van der Waals surface area contributed by atoms with Gasteiger partial charge in [-0.3, -0.25) is 14.2 Å². The standard InChI is InChI=1S/C22H24ClN3O2S/c1-3-17-14(2)29-21-20(17)22(28)26(13-24-21)16-8-6-10-25(12-16)19(27)11-15-7-4-5-9-18(15)23/h4-5,7,9,13,16H,3,6,8,10-12H2,1-2H3/t16-/m1/s1. The van der Waals surface area contributed by atoms with E-state index in [1.807, 2.05) is 30.0 Å². The molecule has 0 aliphatic carbocycles. The number of amides is 1. The third-order valence-corrected chi connectivity index (χ3v) is 7.16. The predicted octanol–water partition coefficient (Wildman–Crippen LogP) is 4.39. The van der Waals surface area contributed by atoms with E-state index in [2.05, 4.69) is 11.9 Å². The van der Waals surface area contributed by atoms with Gasteiger partial charge in [0.05, 0.1) is 24.2 Å². The van der Waals surface area contributed by atoms with Gasteiger partial charge in [0.15, 0.2) is 0 Å². The first-order chi connectivity index (χ1) is 14.0. The third kappa shape index (κ3) is 3.83. The summed E-state index contributed by atoms with van der Waals surface area (Å²) in [5.74, 6) is 0.0468. The lowest BCUT2D eigenvalue weighted by molar-refractivity contribution is -0.132. The van der Waals surface area contributed by atoms with Crippen molar-refractivity contribution in [3.63, 3.8) is 0 Å². The first kappa shape index (κ1) is 20.1. The lowest BCUT2D eigenvalue weighted by atomic mass is 10.0. The Morgan fingerprint density at radius 1 is 1.34 bits per heavy atom. The van der Waals surface area contributed by atoms with Crippen LogP contribution >= 0.6 is 22.9 Å². The van der Waals surface area contributed by atoms with Crippen molar-refractivity contribution >= 4 is 39.1 Å². The Morgan fingerprint density at radius 3 is 2.90 bits per heavy atom. The van der Waals surface area contributed by atoms with Gasteiger partial charge in [0.25, 0.3) is 5.56 Å². The van der Waals surface area contributed by atoms with E-state index in [0.29, 0.717) is 18.1 Å². The van der Waals surface area contributed by atoms with Crippen molar-refractivity contribution in [1.82, 2.24) is 14.5 Å². The van der Waals surface area contributed by atoms with E-state index in [1.165, 1.54) is 0 Å². The fraction of sp³-hybridized carbons (Fsp3) is 0.409. The van der Waals surface area contributed by atoms with Crippen LogP contribution in [0.1, 0.15) is 41.8 Å². The zero-order chi connectivity index (χ0) is 20.5. The highest BCUT2D eigenvalue weighted by Gasteiger charge is 2.27. The molecule has 7 heteroatoms. The number of aryl methyl sites for hydroxylation is 2. The van der Waals surface area contributed by atoms with Crippen LogP contribution in [-0.2, 0) is 17.6 Å². The van der Waals surface area contributed by atoms with Crippen LogP contribution in [0, 0.1) is 6.92 Å². The number of carbonyl (C=O) groups excluding carboxylic acids is 1. The molecule has 1 atom stereocenters. The molecule has 1 aromatic carbocycles. The molecule has 3 heterocycles. The first-order valence-electron chi connectivity index (χ1n) is 9.99. The van der Waals surface area contributed by atoms with Crippen molar-refractivity contribution in [3.8, 4) is 0 Å². The molecular formula is C22H24ClN3O2S. The quantitative estimate of drug-likeness (QED) is 0.618. The average molecular weight is 430 g/mol. The molecule has 1 amide bonds. The van der Waals surface area contributed by atoms with Crippen molar-refractivity contribution < 1.29 is 4.79 Å². The maximum atomic E-state index is 13.2. The van der Waals surface area contributed by atoms with Crippen LogP contribution in [0.25, 0.3) is 10.2 Å². The van der Waals surface area contributed by atoms with Gasteiger partial charge in [-0.2, -0.15) is 0 Å². The molecule has 0 N–H and O–H groups in total. The minimum absolute atomic E-state index is 0.0154. The van der Waals surface area contributed by atoms with Gasteiger partial charge < -0.3 is 4.90 Å². The Kier molecular flexibility index (Phi) is 5.74. The molecule has 2 aromatic heterocycles. The Balaban J connectivity index is 1.58. The topological polar surface area (TPSA) is 55.2 Å². The summed E-state index contributed by atoms with van der Waals surface area (Å²) in [6.07, 6.45) is 4.50. The van der Waals surface area contributed by atoms with E-state index in [1.54, 1.807) is 28.3 Å². The number of fused-ring (bicyclic) bond motifs is 1. The fourth-order valence-corrected chi connectivity index (χ4v) is 5.46. The molecule has 4 rings (SSSR count). The first-order valence-corrected chi connectivity index (χ1v) is 11.2. The number of aromatic nitrogens is 2. The third-order valence-electron chi connectivity index (χ3n) is 5.73. The van der Waals surface area contributed by atoms with Crippen LogP contribution in [0.4, 0.5) is 0 Å². The number of rotatable bonds is 4. The van der Waals surface area contributed by atoms with Crippen molar-refractivity contribution in [3.05, 3.63) is 62.0 Å². The van der Waals surface area contributed by atoms with Crippen molar-refractivity contribution in [2.24, 2.45) is 0 Å². The zero-order valence-electron chi connectivity index (χ0n) is 16.7. The molecule has 3 aromatic rings. The minimum atomic E-state index is -0.0479. The van der Waals surface area contributed by atoms with Gasteiger partial charge in [-0.05, 0) is 43.4 Å². The van der Waals surface area contributed by atoms with Crippen LogP contribution in [0.2, 0.25) is 5.02 Å². The summed E-state index contributed by atoms with van der Waals surface area (Å²) < 4.78 is 1.74. The molecule has 29 heavy (non-hydrogen) atoms. The smallest absolute Gasteiger partial charge is 0.262 e. The maximum absolute atomic E-state index is 13.2. The molecule has 1 aliphatic heterocycles. The Bertz CT molecular complexity index is 1120. The van der Waals surface area contributed by atoms with Crippen LogP contribution in [0.15, 0.2) is 35.4 Å². The Morgan fingerprint density at radius 2 is 2.14 bits per heavy atom. The zero-order valence-corrected chi connectivity index (χ0v) is 18.2. The SMILES string of the molecule is CCc1c(C)sc2ncn([C@@H]3CCCN(C(=O)Cc4ccccc4Cl)C3)c(=O)c12. The largest absolute Gasteiger partial charge is 0.340 e. The van der Waals surface area contributed by atoms with E-state index in [4.69, 9.17) is 11.6 Å². The number of piperidine rings is 1. The van der Waals surface area contributed by atoms with Gasteiger partial charge in [0.1, 0.15) is 4.83 Å². The molecule has 0 spiro atoms. The number of likely N-dealkylation sites (tertiary alicyclic amines) is 1. The normalized spacial score (nSPS) is 17.1. The highest BCUT2D eigenvalue weighted by atomic mass is 35.5. The van der Waals surface area contributed by atoms with E-state index >= 15 is 0 Å². The number of carbonyl (C=O) groups is 1. The number of hydrogen-bond acceptors (Lipinski definition) is 4. The molecule has 1 fully saturated rings. The highest BCUT2D eigenvalue weighted by molar-refractivity contribution is 7.18. The molecule has 0 saturated carbocycles. The monoisotopic (exact) mass is 429 g/mol. The van der Waals surface area contributed by atoms with Gasteiger partial charge in [0.2, 0.25) is 5.91 Å². The molecule has 0 radical (unpaired) electrons. The van der Waals surface area contributed by atoms with E-state index in [0.717, 1.165) is 45.5 Å². The summed E-state index contributed by atoms with van der Waals surface area (Å²) in [6, 6.07) is 7.39. The lowest BCUT2D eigenvalue weighted by Crippen LogP contribution is -2.43. The van der Waals surface area contributed by atoms with Gasteiger partial charge >= 0.3 is 0 Å². The van der Waals surface area contributed by atoms with E-state index in [-0.39, 0.29) is 23.9 Å². The predicted molar refractivity (Wildman–Crippen MR) is 118 cm³/mol. The second-order valence-electron chi connectivity index (χ2n) is 7.53. The number of halogens is 1. The van der Waals surface area contributed by atoms with E-state index in [9.17, 15) is 9.59 Å². The van der Waals surface area contributed by atoms with Crippen molar-refractivity contribution in [2.75, 3.05) is 13.1 Å². The van der Waals surface area contributed by atoms with Crippen LogP contribution in [0.3, 0.4) is 0 Å². The lowest BCUT2D eigenvalue weighted by Gasteiger charge is -2.33. The van der Waals surface area contributed by atoms with Gasteiger partial charge in [-0.15, -0.1) is 11.3 Å². The molecule has 0 unspecified atom stereocenters.